The zero-order valence-corrected chi connectivity index (χ0v) is 12.7. The predicted octanol–water partition coefficient (Wildman–Crippen LogP) is 2.47. The lowest BCUT2D eigenvalue weighted by molar-refractivity contribution is 0.306. The van der Waals surface area contributed by atoms with Crippen LogP contribution in [0, 0.1) is 11.3 Å². The Balaban J connectivity index is 1.80. The van der Waals surface area contributed by atoms with E-state index >= 15 is 0 Å². The van der Waals surface area contributed by atoms with Crippen molar-refractivity contribution in [1.82, 2.24) is 9.97 Å². The van der Waals surface area contributed by atoms with Crippen LogP contribution in [0.2, 0.25) is 0 Å². The molecule has 0 atom stereocenters. The van der Waals surface area contributed by atoms with Crippen LogP contribution in [0.25, 0.3) is 11.4 Å². The third kappa shape index (κ3) is 3.59. The van der Waals surface area contributed by atoms with Crippen LogP contribution in [0.5, 0.6) is 5.75 Å². The van der Waals surface area contributed by atoms with Crippen LogP contribution in [0.4, 0.5) is 5.82 Å². The van der Waals surface area contributed by atoms with Crippen molar-refractivity contribution in [3.8, 4) is 23.2 Å². The van der Waals surface area contributed by atoms with Gasteiger partial charge in [-0.1, -0.05) is 24.3 Å². The number of nitrogens with two attached hydrogens (primary N) is 1. The SMILES string of the molecule is N#Cc1cccc(COc2cccc(-c3nc(N)cc(=O)[nH]3)c2)c1. The number of H-pyrrole nitrogens is 1. The summed E-state index contributed by atoms with van der Waals surface area (Å²) in [7, 11) is 0. The molecular formula is C18H14N4O2. The maximum absolute atomic E-state index is 11.5. The molecule has 0 saturated carbocycles. The van der Waals surface area contributed by atoms with Gasteiger partial charge < -0.3 is 15.5 Å². The van der Waals surface area contributed by atoms with Crippen LogP contribution in [0.1, 0.15) is 11.1 Å². The van der Waals surface area contributed by atoms with Gasteiger partial charge in [0.1, 0.15) is 24.0 Å². The van der Waals surface area contributed by atoms with Crippen molar-refractivity contribution in [2.24, 2.45) is 0 Å². The van der Waals surface area contributed by atoms with E-state index < -0.39 is 0 Å². The number of aromatic amines is 1. The second-order valence-electron chi connectivity index (χ2n) is 5.15. The van der Waals surface area contributed by atoms with Crippen LogP contribution in [-0.2, 0) is 6.61 Å². The minimum absolute atomic E-state index is 0.161. The molecule has 6 heteroatoms. The molecule has 0 amide bonds. The summed E-state index contributed by atoms with van der Waals surface area (Å²) in [6, 6.07) is 17.7. The highest BCUT2D eigenvalue weighted by Crippen LogP contribution is 2.21. The van der Waals surface area contributed by atoms with Gasteiger partial charge in [-0.2, -0.15) is 5.26 Å². The van der Waals surface area contributed by atoms with Gasteiger partial charge in [0, 0.05) is 11.6 Å². The Kier molecular flexibility index (Phi) is 4.25. The zero-order valence-electron chi connectivity index (χ0n) is 12.7. The first-order valence-electron chi connectivity index (χ1n) is 7.23. The molecule has 0 bridgehead atoms. The maximum Gasteiger partial charge on any atom is 0.253 e. The Morgan fingerprint density at radius 1 is 1.17 bits per heavy atom. The number of nitrogens with one attached hydrogen (secondary N) is 1. The van der Waals surface area contributed by atoms with Crippen molar-refractivity contribution < 1.29 is 4.74 Å². The number of benzene rings is 2. The van der Waals surface area contributed by atoms with Crippen molar-refractivity contribution in [3.63, 3.8) is 0 Å². The molecule has 0 aliphatic carbocycles. The molecule has 3 N–H and O–H groups in total. The monoisotopic (exact) mass is 318 g/mol. The number of nitrogen functional groups attached to an aromatic ring is 1. The van der Waals surface area contributed by atoms with E-state index in [1.165, 1.54) is 6.07 Å². The maximum atomic E-state index is 11.5. The minimum Gasteiger partial charge on any atom is -0.489 e. The molecule has 3 aromatic rings. The normalized spacial score (nSPS) is 10.1. The fourth-order valence-electron chi connectivity index (χ4n) is 2.24. The zero-order chi connectivity index (χ0) is 16.9. The van der Waals surface area contributed by atoms with E-state index in [1.54, 1.807) is 30.3 Å². The molecule has 0 spiro atoms. The van der Waals surface area contributed by atoms with Gasteiger partial charge in [0.25, 0.3) is 5.56 Å². The van der Waals surface area contributed by atoms with E-state index in [-0.39, 0.29) is 11.4 Å². The first kappa shape index (κ1) is 15.3. The summed E-state index contributed by atoms with van der Waals surface area (Å²) in [4.78, 5) is 18.3. The molecule has 1 aromatic heterocycles. The standard InChI is InChI=1S/C18H14N4O2/c19-10-12-3-1-4-13(7-12)11-24-15-6-2-5-14(8-15)18-21-16(20)9-17(23)22-18/h1-9H,11H2,(H3,20,21,22,23). The van der Waals surface area contributed by atoms with Crippen molar-refractivity contribution in [2.45, 2.75) is 6.61 Å². The van der Waals surface area contributed by atoms with E-state index in [0.29, 0.717) is 29.3 Å². The average molecular weight is 318 g/mol. The van der Waals surface area contributed by atoms with Crippen molar-refractivity contribution >= 4 is 5.82 Å². The van der Waals surface area contributed by atoms with Gasteiger partial charge in [0.2, 0.25) is 0 Å². The highest BCUT2D eigenvalue weighted by atomic mass is 16.5. The number of rotatable bonds is 4. The van der Waals surface area contributed by atoms with Gasteiger partial charge in [0.05, 0.1) is 11.6 Å². The van der Waals surface area contributed by atoms with E-state index in [2.05, 4.69) is 16.0 Å². The fraction of sp³-hybridized carbons (Fsp3) is 0.0556. The van der Waals surface area contributed by atoms with Crippen molar-refractivity contribution in [2.75, 3.05) is 5.73 Å². The third-order valence-corrected chi connectivity index (χ3v) is 3.33. The van der Waals surface area contributed by atoms with Crippen LogP contribution < -0.4 is 16.0 Å². The van der Waals surface area contributed by atoms with Crippen LogP contribution in [0.3, 0.4) is 0 Å². The smallest absolute Gasteiger partial charge is 0.253 e. The second kappa shape index (κ2) is 6.67. The second-order valence-corrected chi connectivity index (χ2v) is 5.15. The summed E-state index contributed by atoms with van der Waals surface area (Å²) in [5, 5.41) is 8.92. The third-order valence-electron chi connectivity index (χ3n) is 3.33. The van der Waals surface area contributed by atoms with Gasteiger partial charge in [-0.3, -0.25) is 4.79 Å². The van der Waals surface area contributed by atoms with Gasteiger partial charge in [-0.05, 0) is 29.8 Å². The van der Waals surface area contributed by atoms with Crippen LogP contribution >= 0.6 is 0 Å². The van der Waals surface area contributed by atoms with Gasteiger partial charge in [-0.15, -0.1) is 0 Å². The van der Waals surface area contributed by atoms with Crippen LogP contribution in [0.15, 0.2) is 59.4 Å². The van der Waals surface area contributed by atoms with Gasteiger partial charge in [-0.25, -0.2) is 4.98 Å². The van der Waals surface area contributed by atoms with Crippen molar-refractivity contribution in [3.05, 3.63) is 76.1 Å². The number of nitriles is 1. The number of ether oxygens (including phenoxy) is 1. The molecular weight excluding hydrogens is 304 g/mol. The lowest BCUT2D eigenvalue weighted by Crippen LogP contribution is -2.09. The number of anilines is 1. The molecule has 24 heavy (non-hydrogen) atoms. The summed E-state index contributed by atoms with van der Waals surface area (Å²) < 4.78 is 5.75. The number of aromatic nitrogens is 2. The van der Waals surface area contributed by atoms with E-state index in [0.717, 1.165) is 5.56 Å². The minimum atomic E-state index is -0.308. The first-order valence-corrected chi connectivity index (χ1v) is 7.23. The molecule has 0 unspecified atom stereocenters. The molecule has 0 saturated heterocycles. The highest BCUT2D eigenvalue weighted by molar-refractivity contribution is 5.58. The molecule has 0 radical (unpaired) electrons. The number of hydrogen-bond donors (Lipinski definition) is 2. The Hall–Kier alpha value is -3.59. The fourth-order valence-corrected chi connectivity index (χ4v) is 2.24. The summed E-state index contributed by atoms with van der Waals surface area (Å²) >= 11 is 0. The first-order chi connectivity index (χ1) is 11.6. The Bertz CT molecular complexity index is 973. The van der Waals surface area contributed by atoms with E-state index in [1.807, 2.05) is 18.2 Å². The molecule has 3 rings (SSSR count). The molecule has 2 aromatic carbocycles. The van der Waals surface area contributed by atoms with Gasteiger partial charge in [0.15, 0.2) is 0 Å². The number of hydrogen-bond acceptors (Lipinski definition) is 5. The predicted molar refractivity (Wildman–Crippen MR) is 90.2 cm³/mol. The van der Waals surface area contributed by atoms with E-state index in [9.17, 15) is 4.79 Å². The average Bonchev–Trinajstić information content (AvgIpc) is 2.59. The lowest BCUT2D eigenvalue weighted by Gasteiger charge is -2.08. The quantitative estimate of drug-likeness (QED) is 0.769. The summed E-state index contributed by atoms with van der Waals surface area (Å²) in [5.41, 5.74) is 7.48. The summed E-state index contributed by atoms with van der Waals surface area (Å²) in [5.74, 6) is 1.17. The Labute approximate surface area is 138 Å². The molecule has 6 nitrogen and oxygen atoms in total. The summed E-state index contributed by atoms with van der Waals surface area (Å²) in [6.45, 7) is 0.333. The Morgan fingerprint density at radius 3 is 2.79 bits per heavy atom. The van der Waals surface area contributed by atoms with Crippen LogP contribution in [-0.4, -0.2) is 9.97 Å². The molecule has 0 fully saturated rings. The summed E-state index contributed by atoms with van der Waals surface area (Å²) in [6.07, 6.45) is 0. The molecule has 1 heterocycles. The molecule has 118 valence electrons. The largest absolute Gasteiger partial charge is 0.489 e. The lowest BCUT2D eigenvalue weighted by atomic mass is 10.1. The molecule has 0 aliphatic heterocycles. The van der Waals surface area contributed by atoms with E-state index in [4.69, 9.17) is 15.7 Å². The topological polar surface area (TPSA) is 105 Å². The van der Waals surface area contributed by atoms with Crippen molar-refractivity contribution in [1.29, 1.82) is 5.26 Å². The van der Waals surface area contributed by atoms with Gasteiger partial charge >= 0.3 is 0 Å². The number of nitrogens with zero attached hydrogens (tertiary/aromatic N) is 2. The highest BCUT2D eigenvalue weighted by Gasteiger charge is 2.05. The Morgan fingerprint density at radius 2 is 2.00 bits per heavy atom. The molecule has 0 aliphatic rings.